The first-order valence-electron chi connectivity index (χ1n) is 13.1. The number of quaternary nitrogens is 1. The maximum atomic E-state index is 13.6. The van der Waals surface area contributed by atoms with E-state index in [2.05, 4.69) is 5.32 Å². The molecule has 2 bridgehead atoms. The Morgan fingerprint density at radius 1 is 0.872 bits per heavy atom. The fourth-order valence-electron chi connectivity index (χ4n) is 5.69. The normalized spacial score (nSPS) is 22.2. The number of rotatable bonds is 9. The van der Waals surface area contributed by atoms with Crippen LogP contribution in [-0.2, 0) is 9.53 Å². The van der Waals surface area contributed by atoms with Crippen molar-refractivity contribution in [3.8, 4) is 5.75 Å². The second-order valence-electron chi connectivity index (χ2n) is 10.3. The Hall–Kier alpha value is -3.97. The first kappa shape index (κ1) is 28.0. The number of hydrogen-bond acceptors (Lipinski definition) is 5. The van der Waals surface area contributed by atoms with Crippen LogP contribution < -0.4 is 10.1 Å². The van der Waals surface area contributed by atoms with Gasteiger partial charge in [-0.1, -0.05) is 68.1 Å². The third kappa shape index (κ3) is 6.37. The van der Waals surface area contributed by atoms with E-state index in [1.807, 2.05) is 60.7 Å². The highest BCUT2D eigenvalue weighted by Crippen LogP contribution is 2.36. The number of ketones is 1. The molecule has 3 aromatic rings. The molecule has 3 aliphatic heterocycles. The summed E-state index contributed by atoms with van der Waals surface area (Å²) in [7, 11) is 1.56. The molecule has 3 aliphatic rings. The quantitative estimate of drug-likeness (QED) is 0.244. The number of ether oxygens (including phenoxy) is 2. The predicted octanol–water partition coefficient (Wildman–Crippen LogP) is 4.84. The third-order valence-electron chi connectivity index (χ3n) is 7.88. The molecule has 1 amide bonds. The molecule has 2 atom stereocenters. The van der Waals surface area contributed by atoms with Crippen molar-refractivity contribution in [2.45, 2.75) is 32.4 Å². The highest BCUT2D eigenvalue weighted by Gasteiger charge is 2.49. The van der Waals surface area contributed by atoms with E-state index >= 15 is 0 Å². The lowest BCUT2D eigenvalue weighted by molar-refractivity contribution is -0.938. The number of amides is 1. The van der Waals surface area contributed by atoms with Crippen molar-refractivity contribution in [1.29, 1.82) is 0 Å². The van der Waals surface area contributed by atoms with E-state index in [1.54, 1.807) is 31.4 Å². The molecule has 0 spiro atoms. The summed E-state index contributed by atoms with van der Waals surface area (Å²) in [5.41, 5.74) is 1.79. The number of Topliss-reactive ketones (excluding diaryl/α,β-unsaturated/α-hetero) is 1. The summed E-state index contributed by atoms with van der Waals surface area (Å²) in [4.78, 5) is 39.7. The lowest BCUT2D eigenvalue weighted by atomic mass is 9.82. The molecule has 1 N–H and O–H groups in total. The van der Waals surface area contributed by atoms with Crippen LogP contribution in [0.25, 0.3) is 0 Å². The van der Waals surface area contributed by atoms with Gasteiger partial charge in [0.25, 0.3) is 5.91 Å². The monoisotopic (exact) mass is 529 g/mol. The summed E-state index contributed by atoms with van der Waals surface area (Å²) < 4.78 is 11.9. The molecule has 7 nitrogen and oxygen atoms in total. The van der Waals surface area contributed by atoms with Crippen molar-refractivity contribution >= 4 is 17.7 Å². The van der Waals surface area contributed by atoms with Crippen molar-refractivity contribution in [1.82, 2.24) is 5.32 Å². The first-order chi connectivity index (χ1) is 18.5. The number of benzene rings is 3. The zero-order valence-corrected chi connectivity index (χ0v) is 21.5. The van der Waals surface area contributed by atoms with E-state index in [0.29, 0.717) is 40.0 Å². The number of piperidine rings is 3. The van der Waals surface area contributed by atoms with E-state index in [-0.39, 0.29) is 31.1 Å². The minimum Gasteiger partial charge on any atom is -0.497 e. The van der Waals surface area contributed by atoms with E-state index < -0.39 is 12.0 Å². The van der Waals surface area contributed by atoms with Crippen LogP contribution in [0.5, 0.6) is 5.75 Å². The smallest absolute Gasteiger partial charge is 0.333 e. The molecule has 0 aromatic heterocycles. The zero-order valence-electron chi connectivity index (χ0n) is 21.5. The zero-order chi connectivity index (χ0) is 26.5. The number of hydrogen-bond donors (Lipinski definition) is 1. The van der Waals surface area contributed by atoms with Gasteiger partial charge in [-0.05, 0) is 29.8 Å². The molecule has 6 rings (SSSR count). The molecule has 3 heterocycles. The van der Waals surface area contributed by atoms with Crippen LogP contribution in [-0.4, -0.2) is 61.5 Å². The van der Waals surface area contributed by atoms with Crippen molar-refractivity contribution in [2.24, 2.45) is 5.92 Å². The first-order valence-corrected chi connectivity index (χ1v) is 13.1. The number of nitrogens with zero attached hydrogens (tertiary/aromatic N) is 1. The van der Waals surface area contributed by atoms with E-state index in [0.717, 1.165) is 25.9 Å². The highest BCUT2D eigenvalue weighted by molar-refractivity contribution is 5.97. The summed E-state index contributed by atoms with van der Waals surface area (Å²) in [6.07, 6.45) is 1.53. The van der Waals surface area contributed by atoms with Gasteiger partial charge >= 0.3 is 5.97 Å². The Bertz CT molecular complexity index is 1270. The van der Waals surface area contributed by atoms with E-state index in [4.69, 9.17) is 9.47 Å². The molecule has 3 fully saturated rings. The van der Waals surface area contributed by atoms with Crippen LogP contribution in [0, 0.1) is 5.92 Å². The highest BCUT2D eigenvalue weighted by atomic mass is 16.5. The summed E-state index contributed by atoms with van der Waals surface area (Å²) >= 11 is 0. The van der Waals surface area contributed by atoms with Gasteiger partial charge in [-0.3, -0.25) is 9.59 Å². The van der Waals surface area contributed by atoms with Gasteiger partial charge in [0.2, 0.25) is 5.78 Å². The standard InChI is InChI=1S/C31H32N2O5.CH4/c1-37-26-14-12-25(13-15-26)30(35)32-29(24-10-6-3-7-11-24)31(36)38-28-21-33(18-16-23(28)17-19-33)20-27(34)22-8-4-2-5-9-22;/h2-15,23,28-29H,16-21H2,1H3;1H4/p+1/t23?,28-,29?,33?;/m0./s1. The summed E-state index contributed by atoms with van der Waals surface area (Å²) in [5.74, 6) is 0.170. The Morgan fingerprint density at radius 2 is 1.49 bits per heavy atom. The molecule has 1 unspecified atom stereocenters. The van der Waals surface area contributed by atoms with Crippen molar-refractivity contribution in [2.75, 3.05) is 33.3 Å². The average molecular weight is 530 g/mol. The molecular formula is C32H37N2O5+. The average Bonchev–Trinajstić information content (AvgIpc) is 2.97. The van der Waals surface area contributed by atoms with Crippen LogP contribution in [0.4, 0.5) is 0 Å². The minimum atomic E-state index is -0.944. The molecule has 0 aliphatic carbocycles. The summed E-state index contributed by atoms with van der Waals surface area (Å²) in [6, 6.07) is 24.3. The maximum Gasteiger partial charge on any atom is 0.333 e. The van der Waals surface area contributed by atoms with Gasteiger partial charge in [0.1, 0.15) is 18.8 Å². The van der Waals surface area contributed by atoms with Crippen LogP contribution in [0.2, 0.25) is 0 Å². The Balaban J connectivity index is 0.00000353. The van der Waals surface area contributed by atoms with Gasteiger partial charge in [0.15, 0.2) is 12.1 Å². The molecule has 39 heavy (non-hydrogen) atoms. The van der Waals surface area contributed by atoms with Gasteiger partial charge in [0.05, 0.1) is 20.2 Å². The summed E-state index contributed by atoms with van der Waals surface area (Å²) in [6.45, 7) is 2.84. The fraction of sp³-hybridized carbons (Fsp3) is 0.344. The van der Waals surface area contributed by atoms with Crippen LogP contribution in [0.15, 0.2) is 84.9 Å². The lowest BCUT2D eigenvalue weighted by Gasteiger charge is -2.51. The summed E-state index contributed by atoms with van der Waals surface area (Å²) in [5, 5.41) is 2.87. The maximum absolute atomic E-state index is 13.6. The molecule has 3 saturated heterocycles. The Labute approximate surface area is 230 Å². The Morgan fingerprint density at radius 3 is 2.10 bits per heavy atom. The molecule has 0 saturated carbocycles. The lowest BCUT2D eigenvalue weighted by Crippen LogP contribution is -2.66. The number of methoxy groups -OCH3 is 1. The number of esters is 1. The van der Waals surface area contributed by atoms with Crippen LogP contribution >= 0.6 is 0 Å². The SMILES string of the molecule is C.COc1ccc(C(=O)NC(C(=O)O[C@H]2C[N+]3(CC(=O)c4ccccc4)CCC2CC3)c2ccccc2)cc1. The van der Waals surface area contributed by atoms with Crippen molar-refractivity contribution < 1.29 is 28.3 Å². The molecule has 3 aromatic carbocycles. The van der Waals surface area contributed by atoms with Gasteiger partial charge in [0, 0.05) is 29.9 Å². The van der Waals surface area contributed by atoms with Gasteiger partial charge < -0.3 is 19.3 Å². The molecule has 7 heteroatoms. The number of carbonyl (C=O) groups excluding carboxylic acids is 3. The van der Waals surface area contributed by atoms with Crippen LogP contribution in [0.3, 0.4) is 0 Å². The topological polar surface area (TPSA) is 81.7 Å². The van der Waals surface area contributed by atoms with Crippen molar-refractivity contribution in [3.05, 3.63) is 102 Å². The largest absolute Gasteiger partial charge is 0.497 e. The second-order valence-corrected chi connectivity index (χ2v) is 10.3. The van der Waals surface area contributed by atoms with E-state index in [9.17, 15) is 14.4 Å². The van der Waals surface area contributed by atoms with Crippen molar-refractivity contribution in [3.63, 3.8) is 0 Å². The van der Waals surface area contributed by atoms with E-state index in [1.165, 1.54) is 0 Å². The molecule has 0 radical (unpaired) electrons. The molecule has 204 valence electrons. The number of carbonyl (C=O) groups is 3. The second kappa shape index (κ2) is 12.3. The Kier molecular flexibility index (Phi) is 8.82. The number of nitrogens with one attached hydrogen (secondary N) is 1. The predicted molar refractivity (Wildman–Crippen MR) is 149 cm³/mol. The minimum absolute atomic E-state index is 0. The molecular weight excluding hydrogens is 492 g/mol. The van der Waals surface area contributed by atoms with Crippen LogP contribution in [0.1, 0.15) is 52.6 Å². The fourth-order valence-corrected chi connectivity index (χ4v) is 5.69. The number of fused-ring (bicyclic) bond motifs is 3. The van der Waals surface area contributed by atoms with Gasteiger partial charge in [-0.25, -0.2) is 4.79 Å². The third-order valence-corrected chi connectivity index (χ3v) is 7.88. The van der Waals surface area contributed by atoms with Gasteiger partial charge in [-0.2, -0.15) is 0 Å². The van der Waals surface area contributed by atoms with Gasteiger partial charge in [-0.15, -0.1) is 0 Å².